The normalized spacial score (nSPS) is 17.8. The van der Waals surface area contributed by atoms with Gasteiger partial charge in [0, 0.05) is 30.5 Å². The minimum atomic E-state index is 0.282. The lowest BCUT2D eigenvalue weighted by Crippen LogP contribution is -2.40. The Morgan fingerprint density at radius 3 is 2.48 bits per heavy atom. The van der Waals surface area contributed by atoms with E-state index in [-0.39, 0.29) is 5.91 Å². The van der Waals surface area contributed by atoms with Crippen molar-refractivity contribution in [2.45, 2.75) is 70.4 Å². The minimum absolute atomic E-state index is 0.282. The van der Waals surface area contributed by atoms with Crippen LogP contribution in [0.3, 0.4) is 0 Å². The van der Waals surface area contributed by atoms with Crippen LogP contribution in [-0.2, 0) is 11.2 Å². The first-order valence-electron chi connectivity index (χ1n) is 9.53. The molecule has 0 bridgehead atoms. The molecule has 0 unspecified atom stereocenters. The molecule has 1 amide bonds. The fourth-order valence-corrected chi connectivity index (χ4v) is 3.86. The van der Waals surface area contributed by atoms with Crippen molar-refractivity contribution in [1.29, 1.82) is 0 Å². The van der Waals surface area contributed by atoms with E-state index in [0.29, 0.717) is 30.8 Å². The maximum absolute atomic E-state index is 12.8. The second-order valence-corrected chi connectivity index (χ2v) is 7.45. The fraction of sp³-hybridized carbons (Fsp3) is 0.524. The molecule has 132 valence electrons. The van der Waals surface area contributed by atoms with Crippen molar-refractivity contribution >= 4 is 5.91 Å². The Balaban J connectivity index is 1.37. The summed E-state index contributed by atoms with van der Waals surface area (Å²) >= 11 is 0. The van der Waals surface area contributed by atoms with Crippen LogP contribution in [0.25, 0.3) is 11.3 Å². The van der Waals surface area contributed by atoms with Gasteiger partial charge in [-0.3, -0.25) is 4.79 Å². The summed E-state index contributed by atoms with van der Waals surface area (Å²) in [5.74, 6) is 1.72. The van der Waals surface area contributed by atoms with Crippen LogP contribution in [-0.4, -0.2) is 27.9 Å². The van der Waals surface area contributed by atoms with Crippen molar-refractivity contribution in [3.8, 4) is 11.3 Å². The van der Waals surface area contributed by atoms with Gasteiger partial charge < -0.3 is 9.32 Å². The first-order chi connectivity index (χ1) is 12.2. The van der Waals surface area contributed by atoms with E-state index in [4.69, 9.17) is 4.42 Å². The maximum atomic E-state index is 12.8. The largest absolute Gasteiger partial charge is 0.441 e. The SMILES string of the molecule is Cc1ccc(-c2cnc(CCC(=O)N(C3CCCC3)C3CC3)o2)cc1. The van der Waals surface area contributed by atoms with Crippen molar-refractivity contribution in [3.05, 3.63) is 41.9 Å². The summed E-state index contributed by atoms with van der Waals surface area (Å²) in [7, 11) is 0. The number of carbonyl (C=O) groups excluding carboxylic acids is 1. The molecule has 25 heavy (non-hydrogen) atoms. The lowest BCUT2D eigenvalue weighted by Gasteiger charge is -2.29. The van der Waals surface area contributed by atoms with Crippen molar-refractivity contribution in [3.63, 3.8) is 0 Å². The molecule has 0 radical (unpaired) electrons. The average molecular weight is 338 g/mol. The summed E-state index contributed by atoms with van der Waals surface area (Å²) in [6.07, 6.45) is 10.1. The third-order valence-electron chi connectivity index (χ3n) is 5.39. The van der Waals surface area contributed by atoms with Gasteiger partial charge in [0.15, 0.2) is 11.7 Å². The molecule has 1 aromatic heterocycles. The number of carbonyl (C=O) groups is 1. The molecule has 0 N–H and O–H groups in total. The smallest absolute Gasteiger partial charge is 0.223 e. The third-order valence-corrected chi connectivity index (χ3v) is 5.39. The van der Waals surface area contributed by atoms with Gasteiger partial charge in [-0.25, -0.2) is 4.98 Å². The number of aromatic nitrogens is 1. The Morgan fingerprint density at radius 2 is 1.80 bits per heavy atom. The van der Waals surface area contributed by atoms with E-state index in [0.717, 1.165) is 11.3 Å². The number of amides is 1. The van der Waals surface area contributed by atoms with Gasteiger partial charge in [0.05, 0.1) is 6.20 Å². The molecule has 1 heterocycles. The summed E-state index contributed by atoms with van der Waals surface area (Å²) in [6.45, 7) is 2.07. The van der Waals surface area contributed by atoms with Crippen molar-refractivity contribution in [1.82, 2.24) is 9.88 Å². The minimum Gasteiger partial charge on any atom is -0.441 e. The van der Waals surface area contributed by atoms with Crippen molar-refractivity contribution in [2.75, 3.05) is 0 Å². The van der Waals surface area contributed by atoms with Crippen molar-refractivity contribution in [2.24, 2.45) is 0 Å². The van der Waals surface area contributed by atoms with Gasteiger partial charge in [-0.15, -0.1) is 0 Å². The first kappa shape index (κ1) is 16.4. The van der Waals surface area contributed by atoms with Crippen LogP contribution in [0.5, 0.6) is 0 Å². The highest BCUT2D eigenvalue weighted by Gasteiger charge is 2.37. The second-order valence-electron chi connectivity index (χ2n) is 7.45. The molecule has 4 nitrogen and oxygen atoms in total. The molecule has 0 spiro atoms. The van der Waals surface area contributed by atoms with Gasteiger partial charge in [0.2, 0.25) is 5.91 Å². The molecule has 4 heteroatoms. The summed E-state index contributed by atoms with van der Waals surface area (Å²) in [5.41, 5.74) is 2.25. The van der Waals surface area contributed by atoms with Gasteiger partial charge in [0.1, 0.15) is 0 Å². The zero-order valence-electron chi connectivity index (χ0n) is 14.9. The monoisotopic (exact) mass is 338 g/mol. The molecule has 0 atom stereocenters. The van der Waals surface area contributed by atoms with Gasteiger partial charge in [-0.1, -0.05) is 42.7 Å². The van der Waals surface area contributed by atoms with Gasteiger partial charge >= 0.3 is 0 Å². The highest BCUT2D eigenvalue weighted by molar-refractivity contribution is 5.77. The summed E-state index contributed by atoms with van der Waals surface area (Å²) in [4.78, 5) is 19.3. The molecule has 2 aliphatic carbocycles. The van der Waals surface area contributed by atoms with E-state index in [9.17, 15) is 4.79 Å². The van der Waals surface area contributed by atoms with E-state index in [1.807, 2.05) is 12.1 Å². The molecule has 0 aliphatic heterocycles. The molecular formula is C21H26N2O2. The quantitative estimate of drug-likeness (QED) is 0.778. The Morgan fingerprint density at radius 1 is 1.12 bits per heavy atom. The fourth-order valence-electron chi connectivity index (χ4n) is 3.86. The average Bonchev–Trinajstić information content (AvgIpc) is 3.11. The molecule has 2 aliphatic rings. The van der Waals surface area contributed by atoms with E-state index in [1.165, 1.54) is 44.1 Å². The zero-order chi connectivity index (χ0) is 17.2. The second kappa shape index (κ2) is 7.03. The zero-order valence-corrected chi connectivity index (χ0v) is 14.9. The standard InChI is InChI=1S/C21H26N2O2/c1-15-6-8-16(9-7-15)19-14-22-20(25-19)12-13-21(24)23(18-10-11-18)17-4-2-3-5-17/h6-9,14,17-18H,2-5,10-13H2,1H3. The van der Waals surface area contributed by atoms with E-state index < -0.39 is 0 Å². The van der Waals surface area contributed by atoms with Crippen LogP contribution in [0.2, 0.25) is 0 Å². The lowest BCUT2D eigenvalue weighted by molar-refractivity contribution is -0.134. The van der Waals surface area contributed by atoms with E-state index in [2.05, 4.69) is 28.9 Å². The predicted molar refractivity (Wildman–Crippen MR) is 97.1 cm³/mol. The van der Waals surface area contributed by atoms with E-state index >= 15 is 0 Å². The Labute approximate surface area is 149 Å². The molecule has 4 rings (SSSR count). The Kier molecular flexibility index (Phi) is 4.60. The summed E-state index contributed by atoms with van der Waals surface area (Å²) in [5, 5.41) is 0. The lowest BCUT2D eigenvalue weighted by atomic mass is 10.1. The number of rotatable bonds is 6. The van der Waals surface area contributed by atoms with Gasteiger partial charge in [0.25, 0.3) is 0 Å². The molecular weight excluding hydrogens is 312 g/mol. The van der Waals surface area contributed by atoms with Crippen LogP contribution in [0.15, 0.2) is 34.9 Å². The Bertz CT molecular complexity index is 725. The number of nitrogens with zero attached hydrogens (tertiary/aromatic N) is 2. The maximum Gasteiger partial charge on any atom is 0.223 e. The molecule has 2 aromatic rings. The molecule has 0 saturated heterocycles. The van der Waals surface area contributed by atoms with Crippen molar-refractivity contribution < 1.29 is 9.21 Å². The summed E-state index contributed by atoms with van der Waals surface area (Å²) in [6, 6.07) is 9.20. The van der Waals surface area contributed by atoms with Crippen LogP contribution in [0.1, 0.15) is 56.4 Å². The summed E-state index contributed by atoms with van der Waals surface area (Å²) < 4.78 is 5.86. The van der Waals surface area contributed by atoms with Gasteiger partial charge in [-0.05, 0) is 32.6 Å². The number of aryl methyl sites for hydroxylation is 2. The van der Waals surface area contributed by atoms with Gasteiger partial charge in [-0.2, -0.15) is 0 Å². The van der Waals surface area contributed by atoms with Crippen LogP contribution >= 0.6 is 0 Å². The highest BCUT2D eigenvalue weighted by Crippen LogP contribution is 2.35. The number of hydrogen-bond donors (Lipinski definition) is 0. The number of oxazole rings is 1. The van der Waals surface area contributed by atoms with Crippen LogP contribution in [0.4, 0.5) is 0 Å². The molecule has 1 aromatic carbocycles. The molecule has 2 fully saturated rings. The number of hydrogen-bond acceptors (Lipinski definition) is 3. The van der Waals surface area contributed by atoms with Crippen LogP contribution in [0, 0.1) is 6.92 Å². The Hall–Kier alpha value is -2.10. The van der Waals surface area contributed by atoms with E-state index in [1.54, 1.807) is 6.20 Å². The topological polar surface area (TPSA) is 46.3 Å². The predicted octanol–water partition coefficient (Wildman–Crippen LogP) is 4.52. The first-order valence-corrected chi connectivity index (χ1v) is 9.53. The molecule has 2 saturated carbocycles. The number of benzene rings is 1. The third kappa shape index (κ3) is 3.78. The highest BCUT2D eigenvalue weighted by atomic mass is 16.4. The van der Waals surface area contributed by atoms with Crippen LogP contribution < -0.4 is 0 Å².